The number of pyridine rings is 3. The van der Waals surface area contributed by atoms with Crippen molar-refractivity contribution in [2.75, 3.05) is 0 Å². The van der Waals surface area contributed by atoms with Gasteiger partial charge >= 0.3 is 0 Å². The lowest BCUT2D eigenvalue weighted by Crippen LogP contribution is -1.92. The average molecular weight is 510 g/mol. The van der Waals surface area contributed by atoms with Crippen LogP contribution in [0.3, 0.4) is 0 Å². The number of rotatable bonds is 3. The van der Waals surface area contributed by atoms with Crippen LogP contribution in [0.15, 0.2) is 140 Å². The van der Waals surface area contributed by atoms with Crippen LogP contribution >= 0.6 is 0 Å². The van der Waals surface area contributed by atoms with E-state index in [9.17, 15) is 0 Å². The SMILES string of the molecule is c1ccc(-c2cc(-c3ccccc3)c3c(ccc4ccc(-c5ccc6ccc7cccnc7c6n5)cc43)n2)cc1. The van der Waals surface area contributed by atoms with Crippen LogP contribution in [0.5, 0.6) is 0 Å². The van der Waals surface area contributed by atoms with Crippen LogP contribution in [0, 0.1) is 0 Å². The van der Waals surface area contributed by atoms with Gasteiger partial charge in [0.1, 0.15) is 0 Å². The monoisotopic (exact) mass is 509 g/mol. The smallest absolute Gasteiger partial charge is 0.0972 e. The molecule has 0 aliphatic carbocycles. The normalized spacial score (nSPS) is 11.5. The molecule has 3 heterocycles. The van der Waals surface area contributed by atoms with Crippen LogP contribution in [0.2, 0.25) is 0 Å². The summed E-state index contributed by atoms with van der Waals surface area (Å²) in [6, 6.07) is 46.7. The molecule has 8 rings (SSSR count). The van der Waals surface area contributed by atoms with Gasteiger partial charge in [-0.3, -0.25) is 4.98 Å². The molecule has 0 aliphatic rings. The molecule has 0 saturated heterocycles. The first kappa shape index (κ1) is 22.6. The maximum Gasteiger partial charge on any atom is 0.0972 e. The number of fused-ring (bicyclic) bond motifs is 6. The molecule has 0 N–H and O–H groups in total. The molecule has 0 unspecified atom stereocenters. The Balaban J connectivity index is 1.39. The first-order valence-electron chi connectivity index (χ1n) is 13.5. The highest BCUT2D eigenvalue weighted by Gasteiger charge is 2.14. The number of aromatic nitrogens is 3. The summed E-state index contributed by atoms with van der Waals surface area (Å²) in [5.74, 6) is 0. The number of hydrogen-bond donors (Lipinski definition) is 0. The van der Waals surface area contributed by atoms with E-state index in [0.717, 1.165) is 55.2 Å². The van der Waals surface area contributed by atoms with E-state index in [-0.39, 0.29) is 0 Å². The summed E-state index contributed by atoms with van der Waals surface area (Å²) in [5.41, 5.74) is 9.26. The Kier molecular flexibility index (Phi) is 5.14. The maximum absolute atomic E-state index is 5.14. The molecule has 0 fully saturated rings. The van der Waals surface area contributed by atoms with Gasteiger partial charge in [-0.05, 0) is 52.2 Å². The van der Waals surface area contributed by atoms with Gasteiger partial charge in [-0.25, -0.2) is 9.97 Å². The molecule has 0 amide bonds. The van der Waals surface area contributed by atoms with Crippen LogP contribution < -0.4 is 0 Å². The third-order valence-electron chi connectivity index (χ3n) is 7.67. The summed E-state index contributed by atoms with van der Waals surface area (Å²) in [7, 11) is 0. The minimum atomic E-state index is 0.924. The molecule has 0 saturated carbocycles. The van der Waals surface area contributed by atoms with E-state index in [1.165, 1.54) is 21.9 Å². The maximum atomic E-state index is 5.14. The summed E-state index contributed by atoms with van der Waals surface area (Å²) < 4.78 is 0. The Morgan fingerprint density at radius 2 is 1.12 bits per heavy atom. The highest BCUT2D eigenvalue weighted by molar-refractivity contribution is 6.14. The number of benzene rings is 5. The Morgan fingerprint density at radius 3 is 1.95 bits per heavy atom. The van der Waals surface area contributed by atoms with E-state index < -0.39 is 0 Å². The van der Waals surface area contributed by atoms with Gasteiger partial charge in [-0.2, -0.15) is 0 Å². The fourth-order valence-electron chi connectivity index (χ4n) is 5.70. The van der Waals surface area contributed by atoms with Crippen LogP contribution in [0.1, 0.15) is 0 Å². The molecule has 0 bridgehead atoms. The molecule has 0 spiro atoms. The van der Waals surface area contributed by atoms with E-state index in [1.54, 1.807) is 0 Å². The lowest BCUT2D eigenvalue weighted by Gasteiger charge is -2.14. The third-order valence-corrected chi connectivity index (χ3v) is 7.67. The van der Waals surface area contributed by atoms with E-state index in [1.807, 2.05) is 18.3 Å². The Labute approximate surface area is 231 Å². The lowest BCUT2D eigenvalue weighted by atomic mass is 9.93. The minimum Gasteiger partial charge on any atom is -0.254 e. The molecule has 186 valence electrons. The topological polar surface area (TPSA) is 38.7 Å². The zero-order valence-electron chi connectivity index (χ0n) is 21.6. The largest absolute Gasteiger partial charge is 0.254 e. The minimum absolute atomic E-state index is 0.924. The van der Waals surface area contributed by atoms with Crippen LogP contribution in [-0.4, -0.2) is 15.0 Å². The van der Waals surface area contributed by atoms with Crippen molar-refractivity contribution in [1.82, 2.24) is 15.0 Å². The van der Waals surface area contributed by atoms with Gasteiger partial charge in [0.25, 0.3) is 0 Å². The molecule has 0 atom stereocenters. The molecule has 0 radical (unpaired) electrons. The second kappa shape index (κ2) is 9.11. The van der Waals surface area contributed by atoms with Crippen molar-refractivity contribution < 1.29 is 0 Å². The molecule has 0 aliphatic heterocycles. The second-order valence-electron chi connectivity index (χ2n) is 10.1. The van der Waals surface area contributed by atoms with Crippen LogP contribution in [0.4, 0.5) is 0 Å². The highest BCUT2D eigenvalue weighted by Crippen LogP contribution is 2.38. The predicted molar refractivity (Wildman–Crippen MR) is 166 cm³/mol. The lowest BCUT2D eigenvalue weighted by molar-refractivity contribution is 1.37. The molecular weight excluding hydrogens is 486 g/mol. The molecule has 8 aromatic rings. The van der Waals surface area contributed by atoms with Gasteiger partial charge in [0.15, 0.2) is 0 Å². The molecule has 3 aromatic heterocycles. The van der Waals surface area contributed by atoms with Gasteiger partial charge in [-0.15, -0.1) is 0 Å². The summed E-state index contributed by atoms with van der Waals surface area (Å²) in [5, 5.41) is 5.68. The second-order valence-corrected chi connectivity index (χ2v) is 10.1. The van der Waals surface area contributed by atoms with Gasteiger partial charge in [-0.1, -0.05) is 103 Å². The summed E-state index contributed by atoms with van der Waals surface area (Å²) >= 11 is 0. The summed E-state index contributed by atoms with van der Waals surface area (Å²) in [6.45, 7) is 0. The van der Waals surface area contributed by atoms with Crippen molar-refractivity contribution in [3.63, 3.8) is 0 Å². The molecule has 40 heavy (non-hydrogen) atoms. The van der Waals surface area contributed by atoms with Gasteiger partial charge < -0.3 is 0 Å². The van der Waals surface area contributed by atoms with Crippen molar-refractivity contribution in [3.05, 3.63) is 140 Å². The average Bonchev–Trinajstić information content (AvgIpc) is 3.04. The van der Waals surface area contributed by atoms with E-state index in [2.05, 4.69) is 126 Å². The number of nitrogens with zero attached hydrogens (tertiary/aromatic N) is 3. The summed E-state index contributed by atoms with van der Waals surface area (Å²) in [4.78, 5) is 14.9. The van der Waals surface area contributed by atoms with Gasteiger partial charge in [0.2, 0.25) is 0 Å². The van der Waals surface area contributed by atoms with Crippen LogP contribution in [0.25, 0.3) is 77.1 Å². The first-order valence-corrected chi connectivity index (χ1v) is 13.5. The van der Waals surface area contributed by atoms with Crippen molar-refractivity contribution in [3.8, 4) is 33.6 Å². The van der Waals surface area contributed by atoms with Crippen LogP contribution in [-0.2, 0) is 0 Å². The Hall–Kier alpha value is -5.41. The fourth-order valence-corrected chi connectivity index (χ4v) is 5.70. The fraction of sp³-hybridized carbons (Fsp3) is 0. The van der Waals surface area contributed by atoms with Crippen molar-refractivity contribution in [2.24, 2.45) is 0 Å². The zero-order valence-corrected chi connectivity index (χ0v) is 21.6. The molecule has 3 nitrogen and oxygen atoms in total. The van der Waals surface area contributed by atoms with Gasteiger partial charge in [0, 0.05) is 33.5 Å². The number of hydrogen-bond acceptors (Lipinski definition) is 3. The highest BCUT2D eigenvalue weighted by atomic mass is 14.8. The first-order chi connectivity index (χ1) is 19.8. The van der Waals surface area contributed by atoms with E-state index >= 15 is 0 Å². The zero-order chi connectivity index (χ0) is 26.5. The van der Waals surface area contributed by atoms with Crippen molar-refractivity contribution in [2.45, 2.75) is 0 Å². The predicted octanol–water partition coefficient (Wildman–Crippen LogP) is 9.49. The third kappa shape index (κ3) is 3.71. The molecular formula is C37H23N3. The Bertz CT molecular complexity index is 2200. The van der Waals surface area contributed by atoms with Crippen molar-refractivity contribution >= 4 is 43.5 Å². The van der Waals surface area contributed by atoms with Gasteiger partial charge in [0.05, 0.1) is 27.9 Å². The summed E-state index contributed by atoms with van der Waals surface area (Å²) in [6.07, 6.45) is 1.83. The molecule has 5 aromatic carbocycles. The van der Waals surface area contributed by atoms with Crippen molar-refractivity contribution in [1.29, 1.82) is 0 Å². The van der Waals surface area contributed by atoms with E-state index in [4.69, 9.17) is 9.97 Å². The standard InChI is InChI=1S/C37H23N3/c1-3-8-24(9-4-1)31-23-34(26-10-5-2-6-11-26)39-33-20-17-25-13-16-29(22-30(25)35(31)33)32-19-18-28-15-14-27-12-7-21-38-36(27)37(28)40-32/h1-23H. The molecule has 3 heteroatoms. The van der Waals surface area contributed by atoms with E-state index in [0.29, 0.717) is 0 Å². The quantitative estimate of drug-likeness (QED) is 0.223. The Morgan fingerprint density at radius 1 is 0.425 bits per heavy atom.